The van der Waals surface area contributed by atoms with Crippen molar-refractivity contribution in [2.45, 2.75) is 6.82 Å². The number of hydrogen-bond donors (Lipinski definition) is 2. The number of hydrogen-bond acceptors (Lipinski definition) is 1. The Morgan fingerprint density at radius 3 is 1.50 bits per heavy atom. The van der Waals surface area contributed by atoms with Crippen molar-refractivity contribution in [1.29, 1.82) is 0 Å². The van der Waals surface area contributed by atoms with Gasteiger partial charge in [0.05, 0.1) is 0 Å². The number of thiol groups is 1. The second-order valence-electron chi connectivity index (χ2n) is 4.09. The van der Waals surface area contributed by atoms with Gasteiger partial charge in [0.25, 0.3) is 0 Å². The Bertz CT molecular complexity index is 74.9. The zero-order valence-corrected chi connectivity index (χ0v) is 7.55. The molecule has 0 aliphatic heterocycles. The molecule has 1 N–H and O–H groups in total. The van der Waals surface area contributed by atoms with Crippen LogP contribution < -0.4 is 4.63 Å². The zero-order valence-electron chi connectivity index (χ0n) is 6.65. The molecule has 0 aromatic rings. The normalized spacial score (nSPS) is 16.9. The van der Waals surface area contributed by atoms with Crippen LogP contribution in [0.15, 0.2) is 0 Å². The molecule has 52 valence electrons. The van der Waals surface area contributed by atoms with Crippen molar-refractivity contribution in [3.05, 3.63) is 0 Å². The van der Waals surface area contributed by atoms with E-state index < -0.39 is 9.35 Å². The molecule has 0 amide bonds. The van der Waals surface area contributed by atoms with Crippen molar-refractivity contribution in [2.24, 2.45) is 0 Å². The molecule has 0 spiro atoms. The van der Waals surface area contributed by atoms with E-state index in [1.165, 1.54) is 0 Å². The number of nitrogens with one attached hydrogen (secondary N) is 1. The smallest absolute Gasteiger partial charge is 0.206 e. The van der Waals surface area contributed by atoms with Gasteiger partial charge in [0.15, 0.2) is 0 Å². The SMILES string of the molecule is CBN[SH](C)(C)(C)C. The third kappa shape index (κ3) is 6.37. The Morgan fingerprint density at radius 2 is 1.50 bits per heavy atom. The maximum absolute atomic E-state index is 3.49. The van der Waals surface area contributed by atoms with Crippen LogP contribution in [0.4, 0.5) is 0 Å². The summed E-state index contributed by atoms with van der Waals surface area (Å²) in [5.41, 5.74) is 0. The van der Waals surface area contributed by atoms with E-state index in [0.717, 1.165) is 7.41 Å². The Balaban J connectivity index is 3.73. The van der Waals surface area contributed by atoms with Crippen molar-refractivity contribution < 1.29 is 0 Å². The summed E-state index contributed by atoms with van der Waals surface area (Å²) in [4.78, 5) is 0. The molecule has 3 heteroatoms. The van der Waals surface area contributed by atoms with Gasteiger partial charge in [-0.1, -0.05) is 6.82 Å². The van der Waals surface area contributed by atoms with E-state index in [0.29, 0.717) is 0 Å². The first-order valence-electron chi connectivity index (χ1n) is 3.07. The Hall–Kier alpha value is 0.375. The molecule has 0 aromatic heterocycles. The highest BCUT2D eigenvalue weighted by atomic mass is 32.3. The van der Waals surface area contributed by atoms with Gasteiger partial charge in [-0.2, -0.15) is 0 Å². The molecule has 0 aromatic carbocycles. The lowest BCUT2D eigenvalue weighted by molar-refractivity contribution is 1.52. The summed E-state index contributed by atoms with van der Waals surface area (Å²) in [6.07, 6.45) is 9.26. The van der Waals surface area contributed by atoms with Crippen LogP contribution in [0.2, 0.25) is 6.82 Å². The standard InChI is InChI=1S/C5H18BNS/c1-6-7-8(2,3,4)5/h6-8H,1-5H3. The van der Waals surface area contributed by atoms with Crippen molar-refractivity contribution in [3.63, 3.8) is 0 Å². The summed E-state index contributed by atoms with van der Waals surface area (Å²) in [6, 6.07) is 0. The zero-order chi connectivity index (χ0) is 6.86. The van der Waals surface area contributed by atoms with Crippen LogP contribution in [0, 0.1) is 0 Å². The van der Waals surface area contributed by atoms with Crippen LogP contribution >= 0.6 is 9.35 Å². The lowest BCUT2D eigenvalue weighted by atomic mass is 10.0. The van der Waals surface area contributed by atoms with Gasteiger partial charge < -0.3 is 4.63 Å². The average molecular weight is 135 g/mol. The predicted molar refractivity (Wildman–Crippen MR) is 48.8 cm³/mol. The highest BCUT2D eigenvalue weighted by Crippen LogP contribution is 2.49. The molecule has 1 nitrogen and oxygen atoms in total. The molecule has 0 heterocycles. The fraction of sp³-hybridized carbons (Fsp3) is 1.00. The van der Waals surface area contributed by atoms with Gasteiger partial charge in [0.1, 0.15) is 0 Å². The van der Waals surface area contributed by atoms with Crippen LogP contribution in [0.1, 0.15) is 0 Å². The van der Waals surface area contributed by atoms with Crippen LogP contribution in [-0.2, 0) is 0 Å². The van der Waals surface area contributed by atoms with E-state index in [-0.39, 0.29) is 0 Å². The predicted octanol–water partition coefficient (Wildman–Crippen LogP) is 0.482. The van der Waals surface area contributed by atoms with Gasteiger partial charge in [-0.25, -0.2) is 0 Å². The summed E-state index contributed by atoms with van der Waals surface area (Å²) in [5, 5.41) is 0. The van der Waals surface area contributed by atoms with E-state index in [1.807, 2.05) is 0 Å². The molecule has 0 unspecified atom stereocenters. The molecule has 0 rings (SSSR count). The third-order valence-corrected chi connectivity index (χ3v) is 2.37. The van der Waals surface area contributed by atoms with Crippen LogP contribution in [0.25, 0.3) is 0 Å². The van der Waals surface area contributed by atoms with Crippen LogP contribution in [0.5, 0.6) is 0 Å². The molecular weight excluding hydrogens is 117 g/mol. The topological polar surface area (TPSA) is 12.0 Å². The average Bonchev–Trinajstić information content (AvgIpc) is 1.25. The summed E-state index contributed by atoms with van der Waals surface area (Å²) in [6.45, 7) is 2.15. The lowest BCUT2D eigenvalue weighted by Crippen LogP contribution is -2.31. The van der Waals surface area contributed by atoms with Gasteiger partial charge in [-0.05, 0) is 25.0 Å². The summed E-state index contributed by atoms with van der Waals surface area (Å²) >= 11 is 0. The summed E-state index contributed by atoms with van der Waals surface area (Å²) in [7, 11) is -0.260. The van der Waals surface area contributed by atoms with Crippen LogP contribution in [0.3, 0.4) is 0 Å². The van der Waals surface area contributed by atoms with Gasteiger partial charge >= 0.3 is 0 Å². The quantitative estimate of drug-likeness (QED) is 0.414. The van der Waals surface area contributed by atoms with Crippen molar-refractivity contribution in [3.8, 4) is 0 Å². The van der Waals surface area contributed by atoms with Gasteiger partial charge in [0, 0.05) is 0 Å². The molecule has 0 saturated heterocycles. The minimum atomic E-state index is -1.35. The molecule has 0 aliphatic carbocycles. The first-order chi connectivity index (χ1) is 3.31. The minimum Gasteiger partial charge on any atom is -0.337 e. The highest BCUT2D eigenvalue weighted by Gasteiger charge is 2.14. The Kier molecular flexibility index (Phi) is 2.05. The second kappa shape index (κ2) is 1.96. The van der Waals surface area contributed by atoms with E-state index in [9.17, 15) is 0 Å². The van der Waals surface area contributed by atoms with E-state index in [1.54, 1.807) is 0 Å². The minimum absolute atomic E-state index is 1.10. The second-order valence-corrected chi connectivity index (χ2v) is 11.6. The Labute approximate surface area is 53.9 Å². The lowest BCUT2D eigenvalue weighted by Gasteiger charge is -2.48. The summed E-state index contributed by atoms with van der Waals surface area (Å²) in [5.74, 6) is 0. The maximum Gasteiger partial charge on any atom is 0.206 e. The molecule has 0 fully saturated rings. The largest absolute Gasteiger partial charge is 0.337 e. The maximum atomic E-state index is 3.49. The molecule has 0 radical (unpaired) electrons. The van der Waals surface area contributed by atoms with E-state index >= 15 is 0 Å². The van der Waals surface area contributed by atoms with Crippen molar-refractivity contribution in [2.75, 3.05) is 25.0 Å². The fourth-order valence-electron chi connectivity index (χ4n) is 0.632. The molecule has 0 atom stereocenters. The Morgan fingerprint density at radius 1 is 1.12 bits per heavy atom. The van der Waals surface area contributed by atoms with Gasteiger partial charge in [0.2, 0.25) is 7.41 Å². The highest BCUT2D eigenvalue weighted by molar-refractivity contribution is 8.46. The third-order valence-electron chi connectivity index (χ3n) is 0.791. The molecule has 8 heavy (non-hydrogen) atoms. The number of rotatable bonds is 2. The molecular formula is C5H18BNS. The first-order valence-corrected chi connectivity index (χ1v) is 7.10. The molecule has 0 bridgehead atoms. The van der Waals surface area contributed by atoms with Gasteiger partial charge in [-0.15, -0.1) is 0 Å². The monoisotopic (exact) mass is 135 g/mol. The van der Waals surface area contributed by atoms with Crippen molar-refractivity contribution in [1.82, 2.24) is 4.63 Å². The first kappa shape index (κ1) is 8.37. The van der Waals surface area contributed by atoms with E-state index in [2.05, 4.69) is 36.5 Å². The van der Waals surface area contributed by atoms with E-state index in [4.69, 9.17) is 0 Å². The molecule has 0 aliphatic rings. The molecule has 0 saturated carbocycles. The van der Waals surface area contributed by atoms with Crippen molar-refractivity contribution >= 4 is 16.8 Å². The van der Waals surface area contributed by atoms with Gasteiger partial charge in [-0.3, -0.25) is 9.35 Å². The van der Waals surface area contributed by atoms with Crippen LogP contribution in [-0.4, -0.2) is 32.4 Å². The fourth-order valence-corrected chi connectivity index (χ4v) is 1.90. The summed E-state index contributed by atoms with van der Waals surface area (Å²) < 4.78 is 3.49.